The Morgan fingerprint density at radius 1 is 1.29 bits per heavy atom. The van der Waals surface area contributed by atoms with E-state index in [9.17, 15) is 14.0 Å². The molecule has 0 saturated heterocycles. The second-order valence-electron chi connectivity index (χ2n) is 6.03. The van der Waals surface area contributed by atoms with Gasteiger partial charge in [-0.3, -0.25) is 9.59 Å². The molecule has 5 heteroatoms. The molecule has 1 unspecified atom stereocenters. The van der Waals surface area contributed by atoms with E-state index in [1.165, 1.54) is 23.1 Å². The SMILES string of the molecule is CN(Cc1cc(Cl)ccc1F)C(=O)C1CCC(=O)c2ccccc21. The molecule has 0 spiro atoms. The maximum absolute atomic E-state index is 13.9. The fourth-order valence-electron chi connectivity index (χ4n) is 3.14. The fraction of sp³-hybridized carbons (Fsp3) is 0.263. The Kier molecular flexibility index (Phi) is 4.67. The van der Waals surface area contributed by atoms with E-state index in [-0.39, 0.29) is 24.2 Å². The Hall–Kier alpha value is -2.20. The van der Waals surface area contributed by atoms with Gasteiger partial charge in [0.25, 0.3) is 0 Å². The van der Waals surface area contributed by atoms with Crippen LogP contribution in [0.1, 0.15) is 40.2 Å². The van der Waals surface area contributed by atoms with Crippen LogP contribution in [-0.2, 0) is 11.3 Å². The molecule has 1 atom stereocenters. The average Bonchev–Trinajstić information content (AvgIpc) is 2.58. The van der Waals surface area contributed by atoms with Crippen LogP contribution in [0.15, 0.2) is 42.5 Å². The Morgan fingerprint density at radius 2 is 2.04 bits per heavy atom. The molecule has 1 aliphatic carbocycles. The molecule has 0 fully saturated rings. The molecule has 3 rings (SSSR count). The maximum Gasteiger partial charge on any atom is 0.230 e. The minimum absolute atomic E-state index is 0.0678. The minimum atomic E-state index is -0.390. The number of halogens is 2. The highest BCUT2D eigenvalue weighted by molar-refractivity contribution is 6.30. The van der Waals surface area contributed by atoms with Crippen LogP contribution >= 0.6 is 11.6 Å². The van der Waals surface area contributed by atoms with E-state index in [4.69, 9.17) is 11.6 Å². The predicted octanol–water partition coefficient (Wildman–Crippen LogP) is 4.20. The summed E-state index contributed by atoms with van der Waals surface area (Å²) >= 11 is 5.90. The third-order valence-electron chi connectivity index (χ3n) is 4.39. The van der Waals surface area contributed by atoms with Crippen LogP contribution in [0.3, 0.4) is 0 Å². The van der Waals surface area contributed by atoms with E-state index in [2.05, 4.69) is 0 Å². The number of fused-ring (bicyclic) bond motifs is 1. The van der Waals surface area contributed by atoms with Crippen molar-refractivity contribution in [3.63, 3.8) is 0 Å². The smallest absolute Gasteiger partial charge is 0.230 e. The second kappa shape index (κ2) is 6.73. The topological polar surface area (TPSA) is 37.4 Å². The van der Waals surface area contributed by atoms with Gasteiger partial charge in [-0.1, -0.05) is 35.9 Å². The Bertz CT molecular complexity index is 806. The zero-order valence-electron chi connectivity index (χ0n) is 13.3. The molecule has 2 aromatic rings. The van der Waals surface area contributed by atoms with Crippen molar-refractivity contribution in [2.24, 2.45) is 0 Å². The van der Waals surface area contributed by atoms with Crippen LogP contribution in [0.2, 0.25) is 5.02 Å². The molecule has 3 nitrogen and oxygen atoms in total. The normalized spacial score (nSPS) is 16.6. The van der Waals surface area contributed by atoms with Crippen molar-refractivity contribution in [2.75, 3.05) is 7.05 Å². The van der Waals surface area contributed by atoms with E-state index in [0.717, 1.165) is 5.56 Å². The summed E-state index contributed by atoms with van der Waals surface area (Å²) in [7, 11) is 1.64. The largest absolute Gasteiger partial charge is 0.341 e. The summed E-state index contributed by atoms with van der Waals surface area (Å²) in [6.07, 6.45) is 0.837. The van der Waals surface area contributed by atoms with E-state index in [1.54, 1.807) is 19.2 Å². The molecule has 0 N–H and O–H groups in total. The van der Waals surface area contributed by atoms with E-state index in [1.807, 2.05) is 12.1 Å². The van der Waals surface area contributed by atoms with Crippen LogP contribution in [0.5, 0.6) is 0 Å². The lowest BCUT2D eigenvalue weighted by molar-refractivity contribution is -0.132. The first-order valence-corrected chi connectivity index (χ1v) is 8.16. The molecule has 0 radical (unpaired) electrons. The van der Waals surface area contributed by atoms with Crippen molar-refractivity contribution < 1.29 is 14.0 Å². The second-order valence-corrected chi connectivity index (χ2v) is 6.47. The number of rotatable bonds is 3. The number of hydrogen-bond donors (Lipinski definition) is 0. The summed E-state index contributed by atoms with van der Waals surface area (Å²) in [6.45, 7) is 0.137. The van der Waals surface area contributed by atoms with Crippen molar-refractivity contribution >= 4 is 23.3 Å². The molecular weight excluding hydrogens is 329 g/mol. The number of hydrogen-bond acceptors (Lipinski definition) is 2. The molecule has 2 aromatic carbocycles. The summed E-state index contributed by atoms with van der Waals surface area (Å²) < 4.78 is 13.9. The van der Waals surface area contributed by atoms with E-state index >= 15 is 0 Å². The number of nitrogens with zero attached hydrogens (tertiary/aromatic N) is 1. The Balaban J connectivity index is 1.83. The first kappa shape index (κ1) is 16.7. The monoisotopic (exact) mass is 345 g/mol. The van der Waals surface area contributed by atoms with Crippen molar-refractivity contribution in [1.82, 2.24) is 4.90 Å². The number of likely N-dealkylation sites (N-methyl/N-ethyl adjacent to an activating group) is 1. The number of benzene rings is 2. The van der Waals surface area contributed by atoms with Gasteiger partial charge in [0.1, 0.15) is 5.82 Å². The van der Waals surface area contributed by atoms with Crippen LogP contribution in [0, 0.1) is 5.82 Å². The lowest BCUT2D eigenvalue weighted by atomic mass is 9.81. The first-order chi connectivity index (χ1) is 11.5. The molecule has 0 aromatic heterocycles. The lowest BCUT2D eigenvalue weighted by Gasteiger charge is -2.28. The van der Waals surface area contributed by atoms with E-state index < -0.39 is 5.82 Å². The summed E-state index contributed by atoms with van der Waals surface area (Å²) in [5.74, 6) is -0.808. The third kappa shape index (κ3) is 3.20. The van der Waals surface area contributed by atoms with Gasteiger partial charge in [-0.25, -0.2) is 4.39 Å². The molecule has 0 aliphatic heterocycles. The molecule has 1 aliphatic rings. The molecule has 0 bridgehead atoms. The van der Waals surface area contributed by atoms with Crippen molar-refractivity contribution in [3.05, 3.63) is 70.0 Å². The fourth-order valence-corrected chi connectivity index (χ4v) is 3.34. The highest BCUT2D eigenvalue weighted by Gasteiger charge is 2.32. The number of ketones is 1. The summed E-state index contributed by atoms with van der Waals surface area (Å²) in [6, 6.07) is 11.5. The first-order valence-electron chi connectivity index (χ1n) is 7.78. The third-order valence-corrected chi connectivity index (χ3v) is 4.62. The van der Waals surface area contributed by atoms with Gasteiger partial charge in [0.15, 0.2) is 5.78 Å². The van der Waals surface area contributed by atoms with Gasteiger partial charge >= 0.3 is 0 Å². The summed E-state index contributed by atoms with van der Waals surface area (Å²) in [5, 5.41) is 0.431. The van der Waals surface area contributed by atoms with Crippen molar-refractivity contribution in [3.8, 4) is 0 Å². The van der Waals surface area contributed by atoms with E-state index in [0.29, 0.717) is 29.0 Å². The molecule has 0 saturated carbocycles. The van der Waals surface area contributed by atoms with Gasteiger partial charge in [-0.2, -0.15) is 0 Å². The minimum Gasteiger partial charge on any atom is -0.341 e. The van der Waals surface area contributed by atoms with Gasteiger partial charge in [0, 0.05) is 36.2 Å². The van der Waals surface area contributed by atoms with Crippen LogP contribution < -0.4 is 0 Å². The van der Waals surface area contributed by atoms with Crippen LogP contribution in [0.25, 0.3) is 0 Å². The molecule has 124 valence electrons. The van der Waals surface area contributed by atoms with Crippen molar-refractivity contribution in [2.45, 2.75) is 25.3 Å². The predicted molar refractivity (Wildman–Crippen MR) is 90.6 cm³/mol. The number of amides is 1. The highest BCUT2D eigenvalue weighted by atomic mass is 35.5. The van der Waals surface area contributed by atoms with Gasteiger partial charge in [0.2, 0.25) is 5.91 Å². The quantitative estimate of drug-likeness (QED) is 0.836. The Labute approximate surface area is 145 Å². The lowest BCUT2D eigenvalue weighted by Crippen LogP contribution is -2.34. The molecule has 24 heavy (non-hydrogen) atoms. The number of Topliss-reactive ketones (excluding diaryl/α,β-unsaturated/α-hetero) is 1. The van der Waals surface area contributed by atoms with Gasteiger partial charge < -0.3 is 4.90 Å². The van der Waals surface area contributed by atoms with Gasteiger partial charge in [0.05, 0.1) is 5.92 Å². The molecular formula is C19H17ClFNO2. The maximum atomic E-state index is 13.9. The van der Waals surface area contributed by atoms with Crippen LogP contribution in [-0.4, -0.2) is 23.6 Å². The van der Waals surface area contributed by atoms with Crippen molar-refractivity contribution in [1.29, 1.82) is 0 Å². The van der Waals surface area contributed by atoms with Gasteiger partial charge in [-0.05, 0) is 30.2 Å². The van der Waals surface area contributed by atoms with Gasteiger partial charge in [-0.15, -0.1) is 0 Å². The van der Waals surface area contributed by atoms with Crippen LogP contribution in [0.4, 0.5) is 4.39 Å². The Morgan fingerprint density at radius 3 is 2.83 bits per heavy atom. The zero-order valence-corrected chi connectivity index (χ0v) is 14.0. The summed E-state index contributed by atoms with van der Waals surface area (Å²) in [5.41, 5.74) is 1.75. The highest BCUT2D eigenvalue weighted by Crippen LogP contribution is 2.33. The zero-order chi connectivity index (χ0) is 17.3. The number of carbonyl (C=O) groups is 2. The standard InChI is InChI=1S/C19H17ClFNO2/c1-22(11-12-10-13(20)6-8-17(12)21)19(24)16-7-9-18(23)15-5-3-2-4-14(15)16/h2-6,8,10,16H,7,9,11H2,1H3. The molecule has 1 amide bonds. The number of carbonyl (C=O) groups excluding carboxylic acids is 2. The summed E-state index contributed by atoms with van der Waals surface area (Å²) in [4.78, 5) is 26.3. The molecule has 0 heterocycles. The average molecular weight is 346 g/mol.